The maximum Gasteiger partial charge on any atom is 0.0965 e. The van der Waals surface area contributed by atoms with Gasteiger partial charge in [0.2, 0.25) is 0 Å². The van der Waals surface area contributed by atoms with Crippen LogP contribution in [0.4, 0.5) is 0 Å². The molecule has 1 saturated carbocycles. The van der Waals surface area contributed by atoms with Gasteiger partial charge in [0.1, 0.15) is 0 Å². The van der Waals surface area contributed by atoms with E-state index in [2.05, 4.69) is 29.4 Å². The van der Waals surface area contributed by atoms with Crippen LogP contribution in [0.15, 0.2) is 35.8 Å². The predicted octanol–water partition coefficient (Wildman–Crippen LogP) is 4.64. The Morgan fingerprint density at radius 3 is 2.70 bits per heavy atom. The number of halogens is 1. The van der Waals surface area contributed by atoms with Crippen molar-refractivity contribution in [1.29, 1.82) is 0 Å². The molecule has 0 radical (unpaired) electrons. The monoisotopic (exact) mass is 306 g/mol. The van der Waals surface area contributed by atoms with E-state index < -0.39 is 0 Å². The Bertz CT molecular complexity index is 534. The van der Waals surface area contributed by atoms with Crippen molar-refractivity contribution < 1.29 is 0 Å². The number of thiazole rings is 1. The molecule has 0 amide bonds. The zero-order chi connectivity index (χ0) is 13.9. The van der Waals surface area contributed by atoms with Gasteiger partial charge < -0.3 is 5.32 Å². The summed E-state index contributed by atoms with van der Waals surface area (Å²) in [5.41, 5.74) is 1.35. The first-order valence-corrected chi connectivity index (χ1v) is 8.38. The van der Waals surface area contributed by atoms with Crippen LogP contribution in [0.25, 0.3) is 0 Å². The third-order valence-corrected chi connectivity index (χ3v) is 5.10. The Balaban J connectivity index is 1.64. The molecule has 106 valence electrons. The highest BCUT2D eigenvalue weighted by Gasteiger charge is 2.32. The van der Waals surface area contributed by atoms with E-state index in [9.17, 15) is 0 Å². The lowest BCUT2D eigenvalue weighted by Crippen LogP contribution is -2.27. The molecule has 0 spiro atoms. The van der Waals surface area contributed by atoms with Crippen LogP contribution in [0.2, 0.25) is 5.02 Å². The maximum absolute atomic E-state index is 5.98. The normalized spacial score (nSPS) is 17.9. The van der Waals surface area contributed by atoms with Gasteiger partial charge >= 0.3 is 0 Å². The van der Waals surface area contributed by atoms with Gasteiger partial charge in [-0.05, 0) is 36.5 Å². The van der Waals surface area contributed by atoms with Crippen molar-refractivity contribution >= 4 is 22.9 Å². The van der Waals surface area contributed by atoms with Gasteiger partial charge in [-0.3, -0.25) is 0 Å². The zero-order valence-electron chi connectivity index (χ0n) is 11.6. The zero-order valence-corrected chi connectivity index (χ0v) is 13.1. The summed E-state index contributed by atoms with van der Waals surface area (Å²) >= 11 is 7.72. The van der Waals surface area contributed by atoms with Crippen LogP contribution in [0.5, 0.6) is 0 Å². The van der Waals surface area contributed by atoms with Gasteiger partial charge in [0.05, 0.1) is 5.01 Å². The van der Waals surface area contributed by atoms with E-state index >= 15 is 0 Å². The van der Waals surface area contributed by atoms with Crippen LogP contribution in [-0.2, 0) is 0 Å². The number of nitrogens with one attached hydrogen (secondary N) is 1. The molecule has 4 heteroatoms. The third kappa shape index (κ3) is 3.40. The summed E-state index contributed by atoms with van der Waals surface area (Å²) in [6.45, 7) is 3.20. The van der Waals surface area contributed by atoms with E-state index in [1.54, 1.807) is 11.3 Å². The van der Waals surface area contributed by atoms with Gasteiger partial charge in [-0.1, -0.05) is 30.7 Å². The first-order chi connectivity index (χ1) is 9.74. The molecule has 2 atom stereocenters. The van der Waals surface area contributed by atoms with Crippen LogP contribution in [0, 0.1) is 5.92 Å². The Labute approximate surface area is 129 Å². The molecule has 0 saturated heterocycles. The topological polar surface area (TPSA) is 24.9 Å². The molecule has 1 N–H and O–H groups in total. The second-order valence-electron chi connectivity index (χ2n) is 5.55. The largest absolute Gasteiger partial charge is 0.309 e. The highest BCUT2D eigenvalue weighted by molar-refractivity contribution is 7.09. The molecule has 20 heavy (non-hydrogen) atoms. The summed E-state index contributed by atoms with van der Waals surface area (Å²) < 4.78 is 0. The average molecular weight is 307 g/mol. The fraction of sp³-hybridized carbons (Fsp3) is 0.438. The fourth-order valence-electron chi connectivity index (χ4n) is 2.53. The summed E-state index contributed by atoms with van der Waals surface area (Å²) in [7, 11) is 0. The van der Waals surface area contributed by atoms with Crippen molar-refractivity contribution in [2.45, 2.75) is 31.7 Å². The molecule has 1 fully saturated rings. The van der Waals surface area contributed by atoms with Gasteiger partial charge in [0.25, 0.3) is 0 Å². The Morgan fingerprint density at radius 1 is 1.35 bits per heavy atom. The van der Waals surface area contributed by atoms with Crippen molar-refractivity contribution in [3.05, 3.63) is 51.4 Å². The molecule has 1 aliphatic rings. The number of rotatable bonds is 6. The lowest BCUT2D eigenvalue weighted by molar-refractivity contribution is 0.462. The lowest BCUT2D eigenvalue weighted by Gasteiger charge is -2.21. The van der Waals surface area contributed by atoms with E-state index in [-0.39, 0.29) is 0 Å². The second-order valence-corrected chi connectivity index (χ2v) is 6.91. The number of hydrogen-bond donors (Lipinski definition) is 1. The van der Waals surface area contributed by atoms with E-state index in [0.717, 1.165) is 17.5 Å². The molecule has 2 aromatic rings. The van der Waals surface area contributed by atoms with E-state index in [0.29, 0.717) is 12.0 Å². The SMILES string of the molecule is CC(CNC(c1ccc(Cl)cc1)C1CC1)c1nccs1. The highest BCUT2D eigenvalue weighted by Crippen LogP contribution is 2.41. The van der Waals surface area contributed by atoms with E-state index in [1.165, 1.54) is 23.4 Å². The van der Waals surface area contributed by atoms with Gasteiger partial charge in [-0.25, -0.2) is 4.98 Å². The van der Waals surface area contributed by atoms with Gasteiger partial charge in [0, 0.05) is 35.1 Å². The van der Waals surface area contributed by atoms with Gasteiger partial charge in [-0.2, -0.15) is 0 Å². The molecule has 2 nitrogen and oxygen atoms in total. The Kier molecular flexibility index (Phi) is 4.39. The number of benzene rings is 1. The predicted molar refractivity (Wildman–Crippen MR) is 85.4 cm³/mol. The average Bonchev–Trinajstić information content (AvgIpc) is 3.14. The van der Waals surface area contributed by atoms with Crippen LogP contribution < -0.4 is 5.32 Å². The minimum atomic E-state index is 0.453. The smallest absolute Gasteiger partial charge is 0.0965 e. The summed E-state index contributed by atoms with van der Waals surface area (Å²) in [4.78, 5) is 4.40. The lowest BCUT2D eigenvalue weighted by atomic mass is 10.0. The van der Waals surface area contributed by atoms with Crippen molar-refractivity contribution in [1.82, 2.24) is 10.3 Å². The van der Waals surface area contributed by atoms with E-state index in [4.69, 9.17) is 11.6 Å². The van der Waals surface area contributed by atoms with E-state index in [1.807, 2.05) is 23.7 Å². The third-order valence-electron chi connectivity index (χ3n) is 3.84. The van der Waals surface area contributed by atoms with Crippen molar-refractivity contribution in [3.63, 3.8) is 0 Å². The maximum atomic E-state index is 5.98. The van der Waals surface area contributed by atoms with Crippen LogP contribution in [0.1, 0.15) is 42.3 Å². The molecule has 3 rings (SSSR count). The molecule has 0 bridgehead atoms. The number of hydrogen-bond acceptors (Lipinski definition) is 3. The van der Waals surface area contributed by atoms with Gasteiger partial charge in [0.15, 0.2) is 0 Å². The molecule has 1 heterocycles. The van der Waals surface area contributed by atoms with Crippen molar-refractivity contribution in [2.75, 3.05) is 6.54 Å². The van der Waals surface area contributed by atoms with Gasteiger partial charge in [-0.15, -0.1) is 11.3 Å². The second kappa shape index (κ2) is 6.25. The molecule has 1 aliphatic carbocycles. The molecule has 0 aliphatic heterocycles. The van der Waals surface area contributed by atoms with Crippen LogP contribution >= 0.6 is 22.9 Å². The number of nitrogens with zero attached hydrogens (tertiary/aromatic N) is 1. The number of aromatic nitrogens is 1. The minimum absolute atomic E-state index is 0.453. The summed E-state index contributed by atoms with van der Waals surface area (Å²) in [5.74, 6) is 1.24. The summed E-state index contributed by atoms with van der Waals surface area (Å²) in [6, 6.07) is 8.71. The summed E-state index contributed by atoms with van der Waals surface area (Å²) in [5, 5.41) is 7.79. The van der Waals surface area contributed by atoms with Crippen molar-refractivity contribution in [2.24, 2.45) is 5.92 Å². The summed E-state index contributed by atoms with van der Waals surface area (Å²) in [6.07, 6.45) is 4.53. The minimum Gasteiger partial charge on any atom is -0.309 e. The Morgan fingerprint density at radius 2 is 2.10 bits per heavy atom. The molecule has 2 unspecified atom stereocenters. The molecular weight excluding hydrogens is 288 g/mol. The quantitative estimate of drug-likeness (QED) is 0.841. The molecule has 1 aromatic carbocycles. The standard InChI is InChI=1S/C16H19ClN2S/c1-11(16-18-8-9-20-16)10-19-15(12-2-3-12)13-4-6-14(17)7-5-13/h4-9,11-12,15,19H,2-3,10H2,1H3. The van der Waals surface area contributed by atoms with Crippen LogP contribution in [0.3, 0.4) is 0 Å². The molecular formula is C16H19ClN2S. The highest BCUT2D eigenvalue weighted by atomic mass is 35.5. The molecule has 1 aromatic heterocycles. The Hall–Kier alpha value is -0.900. The van der Waals surface area contributed by atoms with Crippen molar-refractivity contribution in [3.8, 4) is 0 Å². The first-order valence-electron chi connectivity index (χ1n) is 7.12. The fourth-order valence-corrected chi connectivity index (χ4v) is 3.35. The van der Waals surface area contributed by atoms with Crippen LogP contribution in [-0.4, -0.2) is 11.5 Å². The first kappa shape index (κ1) is 14.1.